The summed E-state index contributed by atoms with van der Waals surface area (Å²) < 4.78 is 5.03. The van der Waals surface area contributed by atoms with Crippen molar-refractivity contribution in [2.45, 2.75) is 52.1 Å². The van der Waals surface area contributed by atoms with Gasteiger partial charge in [0.2, 0.25) is 0 Å². The van der Waals surface area contributed by atoms with Gasteiger partial charge in [0.05, 0.1) is 7.11 Å². The molecule has 0 spiro atoms. The number of hydrogen-bond acceptors (Lipinski definition) is 4. The molecule has 2 unspecified atom stereocenters. The summed E-state index contributed by atoms with van der Waals surface area (Å²) in [6.07, 6.45) is 3.05. The van der Waals surface area contributed by atoms with E-state index in [-0.39, 0.29) is 23.5 Å². The van der Waals surface area contributed by atoms with Gasteiger partial charge in [0, 0.05) is 6.54 Å². The maximum absolute atomic E-state index is 12.7. The molecule has 1 aliphatic carbocycles. The van der Waals surface area contributed by atoms with Crippen molar-refractivity contribution in [3.63, 3.8) is 0 Å². The third-order valence-corrected chi connectivity index (χ3v) is 5.38. The van der Waals surface area contributed by atoms with Gasteiger partial charge in [-0.05, 0) is 54.7 Å². The van der Waals surface area contributed by atoms with Crippen LogP contribution in [0.25, 0.3) is 0 Å². The molecule has 0 saturated heterocycles. The van der Waals surface area contributed by atoms with Gasteiger partial charge in [-0.3, -0.25) is 4.79 Å². The Balaban J connectivity index is 1.97. The molecule has 140 valence electrons. The highest BCUT2D eigenvalue weighted by Crippen LogP contribution is 2.41. The van der Waals surface area contributed by atoms with Crippen LogP contribution in [0.15, 0.2) is 18.2 Å². The number of amides is 1. The van der Waals surface area contributed by atoms with Crippen LogP contribution in [0, 0.1) is 17.8 Å². The maximum Gasteiger partial charge on any atom is 0.252 e. The molecular formula is C20H31NO4. The fourth-order valence-corrected chi connectivity index (χ4v) is 4.00. The van der Waals surface area contributed by atoms with E-state index in [0.717, 1.165) is 18.4 Å². The lowest BCUT2D eigenvalue weighted by molar-refractivity contribution is -0.155. The van der Waals surface area contributed by atoms with E-state index in [1.165, 1.54) is 7.11 Å². The summed E-state index contributed by atoms with van der Waals surface area (Å²) in [5, 5.41) is 23.8. The van der Waals surface area contributed by atoms with Crippen molar-refractivity contribution in [1.82, 2.24) is 5.32 Å². The predicted octanol–water partition coefficient (Wildman–Crippen LogP) is 2.88. The lowest BCUT2D eigenvalue weighted by atomic mass is 9.66. The highest BCUT2D eigenvalue weighted by molar-refractivity contribution is 5.85. The molecular weight excluding hydrogens is 318 g/mol. The molecule has 25 heavy (non-hydrogen) atoms. The van der Waals surface area contributed by atoms with Crippen LogP contribution < -0.4 is 10.1 Å². The van der Waals surface area contributed by atoms with E-state index < -0.39 is 5.60 Å². The minimum absolute atomic E-state index is 0.00580. The minimum atomic E-state index is -1.28. The number of methoxy groups -OCH3 is 1. The van der Waals surface area contributed by atoms with Crippen molar-refractivity contribution < 1.29 is 19.7 Å². The molecule has 1 aromatic carbocycles. The maximum atomic E-state index is 12.7. The first kappa shape index (κ1) is 19.6. The Hall–Kier alpha value is -1.75. The number of phenolic OH excluding ortho intramolecular Hbond substituents is 1. The second-order valence-electron chi connectivity index (χ2n) is 7.67. The number of carbonyl (C=O) groups excluding carboxylic acids is 1. The quantitative estimate of drug-likeness (QED) is 0.738. The standard InChI is InChI=1S/C20H31NO4/c1-13(2)16-7-5-14(3)12-20(16,24)19(23)21-10-9-15-6-8-18(25-4)17(22)11-15/h6,8,11,13-14,16,22,24H,5,7,9-10,12H2,1-4H3,(H,21,23)/t14?,16?,20-/m1/s1. The van der Waals surface area contributed by atoms with Crippen LogP contribution in [0.2, 0.25) is 0 Å². The number of rotatable bonds is 6. The Morgan fingerprint density at radius 1 is 1.40 bits per heavy atom. The Labute approximate surface area is 150 Å². The summed E-state index contributed by atoms with van der Waals surface area (Å²) in [4.78, 5) is 12.7. The fraction of sp³-hybridized carbons (Fsp3) is 0.650. The molecule has 1 saturated carbocycles. The highest BCUT2D eigenvalue weighted by atomic mass is 16.5. The molecule has 2 rings (SSSR count). The molecule has 3 atom stereocenters. The molecule has 3 N–H and O–H groups in total. The summed E-state index contributed by atoms with van der Waals surface area (Å²) >= 11 is 0. The van der Waals surface area contributed by atoms with E-state index >= 15 is 0 Å². The largest absolute Gasteiger partial charge is 0.504 e. The van der Waals surface area contributed by atoms with E-state index in [9.17, 15) is 15.0 Å². The summed E-state index contributed by atoms with van der Waals surface area (Å²) in [7, 11) is 1.51. The Morgan fingerprint density at radius 2 is 2.12 bits per heavy atom. The van der Waals surface area contributed by atoms with Gasteiger partial charge in [0.25, 0.3) is 5.91 Å². The molecule has 1 aromatic rings. The van der Waals surface area contributed by atoms with Gasteiger partial charge in [-0.15, -0.1) is 0 Å². The molecule has 5 heteroatoms. The summed E-state index contributed by atoms with van der Waals surface area (Å²) in [5.74, 6) is 0.860. The third kappa shape index (κ3) is 4.46. The van der Waals surface area contributed by atoms with E-state index in [4.69, 9.17) is 4.74 Å². The van der Waals surface area contributed by atoms with Crippen LogP contribution in [-0.2, 0) is 11.2 Å². The van der Waals surface area contributed by atoms with Crippen molar-refractivity contribution in [1.29, 1.82) is 0 Å². The number of aliphatic hydroxyl groups is 1. The lowest BCUT2D eigenvalue weighted by Gasteiger charge is -2.43. The van der Waals surface area contributed by atoms with Gasteiger partial charge in [-0.1, -0.05) is 33.3 Å². The number of phenols is 1. The van der Waals surface area contributed by atoms with E-state index in [1.807, 2.05) is 6.07 Å². The number of ether oxygens (including phenoxy) is 1. The SMILES string of the molecule is COc1ccc(CCNC(=O)[C@@]2(O)CC(C)CCC2C(C)C)cc1O. The van der Waals surface area contributed by atoms with Gasteiger partial charge in [0.1, 0.15) is 5.60 Å². The van der Waals surface area contributed by atoms with Crippen molar-refractivity contribution in [3.05, 3.63) is 23.8 Å². The molecule has 5 nitrogen and oxygen atoms in total. The molecule has 1 aliphatic rings. The van der Waals surface area contributed by atoms with E-state index in [2.05, 4.69) is 26.1 Å². The van der Waals surface area contributed by atoms with Crippen molar-refractivity contribution in [2.75, 3.05) is 13.7 Å². The number of aromatic hydroxyl groups is 1. The van der Waals surface area contributed by atoms with Crippen molar-refractivity contribution in [3.8, 4) is 11.5 Å². The first-order chi connectivity index (χ1) is 11.8. The second-order valence-corrected chi connectivity index (χ2v) is 7.67. The average Bonchev–Trinajstić information content (AvgIpc) is 2.54. The summed E-state index contributed by atoms with van der Waals surface area (Å²) in [6.45, 7) is 6.65. The van der Waals surface area contributed by atoms with Gasteiger partial charge in [-0.2, -0.15) is 0 Å². The van der Waals surface area contributed by atoms with Crippen LogP contribution in [0.1, 0.15) is 45.6 Å². The Morgan fingerprint density at radius 3 is 2.72 bits per heavy atom. The molecule has 1 fully saturated rings. The highest BCUT2D eigenvalue weighted by Gasteiger charge is 2.48. The molecule has 0 bridgehead atoms. The zero-order valence-corrected chi connectivity index (χ0v) is 15.7. The van der Waals surface area contributed by atoms with Gasteiger partial charge < -0.3 is 20.3 Å². The average molecular weight is 349 g/mol. The minimum Gasteiger partial charge on any atom is -0.504 e. The van der Waals surface area contributed by atoms with Crippen LogP contribution >= 0.6 is 0 Å². The molecule has 0 radical (unpaired) electrons. The number of nitrogens with one attached hydrogen (secondary N) is 1. The predicted molar refractivity (Wildman–Crippen MR) is 97.7 cm³/mol. The molecule has 0 heterocycles. The first-order valence-corrected chi connectivity index (χ1v) is 9.14. The number of benzene rings is 1. The zero-order chi connectivity index (χ0) is 18.6. The first-order valence-electron chi connectivity index (χ1n) is 9.14. The van der Waals surface area contributed by atoms with Crippen molar-refractivity contribution >= 4 is 5.91 Å². The third-order valence-electron chi connectivity index (χ3n) is 5.38. The Bertz CT molecular complexity index is 601. The lowest BCUT2D eigenvalue weighted by Crippen LogP contribution is -2.56. The Kier molecular flexibility index (Phi) is 6.33. The number of carbonyl (C=O) groups is 1. The van der Waals surface area contributed by atoms with Crippen LogP contribution in [-0.4, -0.2) is 35.4 Å². The monoisotopic (exact) mass is 349 g/mol. The fourth-order valence-electron chi connectivity index (χ4n) is 4.00. The molecule has 0 aromatic heterocycles. The topological polar surface area (TPSA) is 78.8 Å². The number of hydrogen-bond donors (Lipinski definition) is 3. The second kappa shape index (κ2) is 8.09. The van der Waals surface area contributed by atoms with Gasteiger partial charge in [-0.25, -0.2) is 0 Å². The van der Waals surface area contributed by atoms with Crippen LogP contribution in [0.4, 0.5) is 0 Å². The van der Waals surface area contributed by atoms with Crippen LogP contribution in [0.5, 0.6) is 11.5 Å². The smallest absolute Gasteiger partial charge is 0.252 e. The molecule has 0 aliphatic heterocycles. The van der Waals surface area contributed by atoms with E-state index in [1.54, 1.807) is 12.1 Å². The molecule has 1 amide bonds. The van der Waals surface area contributed by atoms with Crippen molar-refractivity contribution in [2.24, 2.45) is 17.8 Å². The normalized spacial score (nSPS) is 26.5. The zero-order valence-electron chi connectivity index (χ0n) is 15.7. The summed E-state index contributed by atoms with van der Waals surface area (Å²) in [6, 6.07) is 5.20. The van der Waals surface area contributed by atoms with E-state index in [0.29, 0.717) is 31.1 Å². The van der Waals surface area contributed by atoms with Crippen LogP contribution in [0.3, 0.4) is 0 Å². The van der Waals surface area contributed by atoms with Gasteiger partial charge >= 0.3 is 0 Å². The summed E-state index contributed by atoms with van der Waals surface area (Å²) in [5.41, 5.74) is -0.378. The van der Waals surface area contributed by atoms with Gasteiger partial charge in [0.15, 0.2) is 11.5 Å².